The molecule has 15 heteroatoms. The van der Waals surface area contributed by atoms with E-state index in [2.05, 4.69) is 30.7 Å². The molecular weight excluding hydrogens is 451 g/mol. The Morgan fingerprint density at radius 2 is 1.97 bits per heavy atom. The Morgan fingerprint density at radius 3 is 2.55 bits per heavy atom. The molecule has 2 N–H and O–H groups in total. The van der Waals surface area contributed by atoms with E-state index in [1.807, 2.05) is 0 Å². The van der Waals surface area contributed by atoms with Gasteiger partial charge in [-0.05, 0) is 6.92 Å². The zero-order chi connectivity index (χ0) is 24.2. The Balaban J connectivity index is 1.75. The smallest absolute Gasteiger partial charge is 0.382 e. The molecule has 0 spiro atoms. The second-order valence-corrected chi connectivity index (χ2v) is 6.93. The summed E-state index contributed by atoms with van der Waals surface area (Å²) in [6, 6.07) is 4.06. The van der Waals surface area contributed by atoms with Gasteiger partial charge in [0.15, 0.2) is 24.8 Å². The summed E-state index contributed by atoms with van der Waals surface area (Å²) in [6.45, 7) is 1.20. The first-order chi connectivity index (χ1) is 15.6. The van der Waals surface area contributed by atoms with Gasteiger partial charge in [0, 0.05) is 17.7 Å². The number of nitrogens with one attached hydrogen (secondary N) is 2. The highest BCUT2D eigenvalue weighted by Gasteiger charge is 2.47. The van der Waals surface area contributed by atoms with Crippen molar-refractivity contribution in [2.45, 2.75) is 32.1 Å². The number of tetrazole rings is 1. The van der Waals surface area contributed by atoms with Crippen LogP contribution in [-0.4, -0.2) is 68.0 Å². The van der Waals surface area contributed by atoms with Gasteiger partial charge in [0.1, 0.15) is 11.7 Å². The summed E-state index contributed by atoms with van der Waals surface area (Å²) in [4.78, 5) is 49.1. The fraction of sp³-hybridized carbons (Fsp3) is 0.333. The maximum Gasteiger partial charge on any atom is 0.491 e. The van der Waals surface area contributed by atoms with E-state index in [-0.39, 0.29) is 30.9 Å². The zero-order valence-corrected chi connectivity index (χ0v) is 17.0. The number of aromatic amines is 1. The number of nitrogens with zero attached hydrogens (tertiary/aromatic N) is 5. The number of alkyl halides is 3. The molecule has 2 amide bonds. The highest BCUT2D eigenvalue weighted by Crippen LogP contribution is 2.24. The third kappa shape index (κ3) is 5.75. The third-order valence-corrected chi connectivity index (χ3v) is 4.45. The average Bonchev–Trinajstić information content (AvgIpc) is 3.25. The predicted octanol–water partition coefficient (Wildman–Crippen LogP) is -1.04. The third-order valence-electron chi connectivity index (χ3n) is 4.45. The number of likely N-dealkylation sites (tertiary alicyclic amines) is 1. The molecule has 0 saturated carbocycles. The van der Waals surface area contributed by atoms with Crippen LogP contribution in [0.5, 0.6) is 0 Å². The summed E-state index contributed by atoms with van der Waals surface area (Å²) in [5, 5.41) is 15.1. The van der Waals surface area contributed by atoms with E-state index in [9.17, 15) is 32.3 Å². The molecule has 3 rings (SSSR count). The van der Waals surface area contributed by atoms with Gasteiger partial charge in [0.05, 0.1) is 13.0 Å². The Morgan fingerprint density at radius 1 is 1.27 bits per heavy atom. The molecule has 1 aliphatic heterocycles. The fourth-order valence-corrected chi connectivity index (χ4v) is 2.98. The lowest BCUT2D eigenvalue weighted by Gasteiger charge is -2.39. The number of β-lactam (4-membered cyclic amide) rings is 1. The van der Waals surface area contributed by atoms with E-state index in [0.717, 1.165) is 4.90 Å². The van der Waals surface area contributed by atoms with Crippen LogP contribution < -0.4 is 9.88 Å². The van der Waals surface area contributed by atoms with Crippen LogP contribution in [0.3, 0.4) is 0 Å². The van der Waals surface area contributed by atoms with E-state index in [1.165, 1.54) is 6.92 Å². The van der Waals surface area contributed by atoms with Gasteiger partial charge in [-0.3, -0.25) is 9.59 Å². The monoisotopic (exact) mass is 468 g/mol. The molecule has 12 nitrogen and oxygen atoms in total. The van der Waals surface area contributed by atoms with Crippen LogP contribution in [0.2, 0.25) is 0 Å². The molecule has 0 aromatic carbocycles. The minimum atomic E-state index is -5.40. The van der Waals surface area contributed by atoms with Crippen LogP contribution in [0.4, 0.5) is 13.2 Å². The van der Waals surface area contributed by atoms with Crippen LogP contribution in [0, 0.1) is 0 Å². The molecule has 1 unspecified atom stereocenters. The predicted molar refractivity (Wildman–Crippen MR) is 98.0 cm³/mol. The molecular formula is C18H17F3N7O5+. The topological polar surface area (TPSA) is 151 Å². The molecule has 1 saturated heterocycles. The summed E-state index contributed by atoms with van der Waals surface area (Å²) in [5.41, 5.74) is -0.353. The van der Waals surface area contributed by atoms with Crippen molar-refractivity contribution < 1.29 is 41.7 Å². The summed E-state index contributed by atoms with van der Waals surface area (Å²) in [5.74, 6) is -5.62. The number of halogens is 3. The maximum absolute atomic E-state index is 12.6. The number of hydrogen-bond acceptors (Lipinski definition) is 8. The quantitative estimate of drug-likeness (QED) is 0.172. The molecule has 2 aromatic rings. The molecule has 0 radical (unpaired) electrons. The molecule has 2 aromatic heterocycles. The minimum absolute atomic E-state index is 0.0180. The number of hydrogen-bond donors (Lipinski definition) is 2. The van der Waals surface area contributed by atoms with Gasteiger partial charge >= 0.3 is 18.1 Å². The molecule has 1 aliphatic rings. The number of aromatic nitrogens is 5. The molecule has 174 valence electrons. The highest BCUT2D eigenvalue weighted by atomic mass is 19.4. The van der Waals surface area contributed by atoms with Gasteiger partial charge < -0.3 is 15.0 Å². The van der Waals surface area contributed by atoms with Crippen LogP contribution in [0.1, 0.15) is 12.7 Å². The van der Waals surface area contributed by atoms with Crippen molar-refractivity contribution in [1.29, 1.82) is 0 Å². The van der Waals surface area contributed by atoms with E-state index in [0.29, 0.717) is 0 Å². The molecule has 0 bridgehead atoms. The normalized spacial score (nSPS) is 16.5. The van der Waals surface area contributed by atoms with E-state index >= 15 is 0 Å². The number of esters is 2. The van der Waals surface area contributed by atoms with Gasteiger partial charge in [0.25, 0.3) is 5.91 Å². The van der Waals surface area contributed by atoms with Crippen molar-refractivity contribution in [2.75, 3.05) is 6.54 Å². The molecule has 1 atom stereocenters. The lowest BCUT2D eigenvalue weighted by atomic mass is 10.0. The van der Waals surface area contributed by atoms with Crippen molar-refractivity contribution in [3.05, 3.63) is 47.7 Å². The zero-order valence-electron chi connectivity index (χ0n) is 17.0. The lowest BCUT2D eigenvalue weighted by Crippen LogP contribution is -2.64. The van der Waals surface area contributed by atoms with Crippen LogP contribution in [0.25, 0.3) is 0 Å². The van der Waals surface area contributed by atoms with Crippen molar-refractivity contribution >= 4 is 23.8 Å². The number of H-pyrrole nitrogens is 1. The van der Waals surface area contributed by atoms with Crippen LogP contribution >= 0.6 is 0 Å². The Kier molecular flexibility index (Phi) is 6.79. The van der Waals surface area contributed by atoms with Gasteiger partial charge in [-0.1, -0.05) is 11.3 Å². The van der Waals surface area contributed by atoms with Gasteiger partial charge in [-0.15, -0.1) is 10.2 Å². The number of rotatable bonds is 7. The number of allylic oxidation sites excluding steroid dienone is 1. The summed E-state index contributed by atoms with van der Waals surface area (Å²) >= 11 is 0. The summed E-state index contributed by atoms with van der Waals surface area (Å²) < 4.78 is 43.2. The van der Waals surface area contributed by atoms with Gasteiger partial charge in [0.2, 0.25) is 5.91 Å². The molecule has 3 heterocycles. The standard InChI is InChI=1S/C18H16F3N7O5/c1-10(8-27-5-3-2-4-6-27)14(16(31)33-17(32)18(19,20)21)28-9-11(15(28)30)22-13(29)7-12-23-25-26-24-12/h2-6,11H,7-9H2,1H3,(H-,22,23,24,25,26,29)/p+1. The minimum Gasteiger partial charge on any atom is -0.382 e. The van der Waals surface area contributed by atoms with Gasteiger partial charge in [-0.25, -0.2) is 14.2 Å². The molecule has 1 fully saturated rings. The summed E-state index contributed by atoms with van der Waals surface area (Å²) in [7, 11) is 0. The Hall–Kier alpha value is -4.17. The average molecular weight is 468 g/mol. The van der Waals surface area contributed by atoms with Crippen LogP contribution in [-0.2, 0) is 36.9 Å². The fourth-order valence-electron chi connectivity index (χ4n) is 2.98. The number of ether oxygens (including phenoxy) is 1. The second-order valence-electron chi connectivity index (χ2n) is 6.93. The van der Waals surface area contributed by atoms with Crippen molar-refractivity contribution in [2.24, 2.45) is 0 Å². The molecule has 0 aliphatic carbocycles. The number of carbonyl (C=O) groups excluding carboxylic acids is 4. The lowest BCUT2D eigenvalue weighted by molar-refractivity contribution is -0.689. The first-order valence-corrected chi connectivity index (χ1v) is 9.36. The SMILES string of the molecule is CC(C[n+]1ccccc1)=C(C(=O)OC(=O)C(F)(F)F)N1CC(NC(=O)Cc2nn[nH]n2)C1=O. The van der Waals surface area contributed by atoms with Crippen molar-refractivity contribution in [1.82, 2.24) is 30.8 Å². The second kappa shape index (κ2) is 9.54. The van der Waals surface area contributed by atoms with Crippen LogP contribution in [0.15, 0.2) is 41.9 Å². The van der Waals surface area contributed by atoms with E-state index in [4.69, 9.17) is 0 Å². The largest absolute Gasteiger partial charge is 0.491 e. The van der Waals surface area contributed by atoms with E-state index < -0.39 is 41.7 Å². The highest BCUT2D eigenvalue weighted by molar-refractivity contribution is 6.04. The molecule has 33 heavy (non-hydrogen) atoms. The Bertz CT molecular complexity index is 1090. The maximum atomic E-state index is 12.6. The number of amides is 2. The Labute approximate surface area is 183 Å². The number of carbonyl (C=O) groups is 4. The van der Waals surface area contributed by atoms with Gasteiger partial charge in [-0.2, -0.15) is 18.4 Å². The summed E-state index contributed by atoms with van der Waals surface area (Å²) in [6.07, 6.45) is -2.40. The van der Waals surface area contributed by atoms with Crippen molar-refractivity contribution in [3.63, 3.8) is 0 Å². The number of pyridine rings is 1. The van der Waals surface area contributed by atoms with E-state index in [1.54, 1.807) is 35.2 Å². The van der Waals surface area contributed by atoms with Crippen molar-refractivity contribution in [3.8, 4) is 0 Å². The first-order valence-electron chi connectivity index (χ1n) is 9.36. The first kappa shape index (κ1) is 23.5.